The van der Waals surface area contributed by atoms with Crippen LogP contribution in [-0.2, 0) is 70.9 Å². The molecule has 0 atom stereocenters. The number of hydrogen-bond donors (Lipinski definition) is 5. The van der Waals surface area contributed by atoms with E-state index in [1.54, 1.807) is 159 Å². The quantitative estimate of drug-likeness (QED) is 0.0502. The predicted molar refractivity (Wildman–Crippen MR) is 542 cm³/mol. The number of anilines is 8. The lowest BCUT2D eigenvalue weighted by molar-refractivity contribution is 0.102. The van der Waals surface area contributed by atoms with Crippen molar-refractivity contribution in [1.82, 2.24) is 57.5 Å². The molecule has 4 fully saturated rings. The summed E-state index contributed by atoms with van der Waals surface area (Å²) in [5, 5.41) is 7.21. The molecule has 0 spiro atoms. The number of nitrogens with one attached hydrogen (secondary N) is 5. The minimum atomic E-state index is -3.95. The molecule has 0 aliphatic carbocycles. The van der Waals surface area contributed by atoms with Crippen LogP contribution in [0.3, 0.4) is 0 Å². The van der Waals surface area contributed by atoms with Gasteiger partial charge in [-0.3, -0.25) is 56.1 Å². The number of likely N-dealkylation sites (N-methyl/N-ethyl adjacent to an activating group) is 3. The van der Waals surface area contributed by atoms with Crippen LogP contribution in [-0.4, -0.2) is 191 Å². The number of fused-ring (bicyclic) bond motifs is 4. The van der Waals surface area contributed by atoms with Crippen molar-refractivity contribution in [2.24, 2.45) is 0 Å². The number of hydrogen-bond acceptors (Lipinski definition) is 23. The number of para-hydroxylation sites is 1. The SMILES string of the molecule is CN1CCN(c2ccc(S(=O)(=O)Nc3ccc(Cl)c(-c4ccc5cnccc5n4)c3)cc2)S1(=O)=O.CN1CCN(c2ccc(S(=O)(=O)Nc3ccc(Cl)c(-c4ccc5ncccc5n4)c3)cc2)S1(=O)=O.CN1CCN(c2ccc(S(=O)(=O)Nc3ccc(Cl)c(-c4ncc5ccccc5n4)c3)cc2)S1(=O)=O.O=C(Nc1ccc(Cl)c(-c2nccc3ncccc23)c1)c1ccc(N2CCCNS2(=O)=O)cc1. The number of carbonyl (C=O) groups is 1. The van der Waals surface area contributed by atoms with E-state index in [-0.39, 0.29) is 26.3 Å². The number of rotatable bonds is 19. The standard InChI is InChI=1S/C24H20ClN5O3S.3C23H20ClN5O4S2/c25-21-9-6-17(15-20(21)23-19-3-1-11-26-22(19)10-13-27-23)29-24(31)16-4-7-18(8-5-16)30-14-2-12-28-34(30,32)33;1-28-12-13-29(35(28,32)33)18-4-6-19(7-5-18)34(30,31)27-17-3-8-21(24)20(14-17)23-9-2-16-15-25-11-10-22(16)26-23;1-28-13-14-29(35(28,32)33)17-5-7-18(8-6-17)34(30,31)27-16-4-9-20(24)19(15-16)21-10-11-22-23(26-21)3-2-12-25-22;1-28-12-13-29(35(28,32)33)18-7-9-19(10-8-18)34(30,31)27-17-6-11-21(24)20(14-17)23-25-15-16-4-2-3-5-22(16)26-23/h1,3-11,13,15,28H,2,12,14H2,(H,29,31);2-11,14-15,27H,12-13H2,1H3;2-12,15,27H,13-14H2,1H3;2-11,14-15,27H,12-13H2,1H3. The highest BCUT2D eigenvalue weighted by atomic mass is 35.5. The molecule has 139 heavy (non-hydrogen) atoms. The number of halogens is 4. The van der Waals surface area contributed by atoms with Gasteiger partial charge >= 0.3 is 40.8 Å². The van der Waals surface area contributed by atoms with Gasteiger partial charge in [-0.25, -0.2) is 45.2 Å². The van der Waals surface area contributed by atoms with Crippen LogP contribution < -0.4 is 41.4 Å². The van der Waals surface area contributed by atoms with Crippen molar-refractivity contribution in [1.29, 1.82) is 0 Å². The molecule has 4 aliphatic rings. The molecular weight excluding hydrogens is 2000 g/mol. The number of carbonyl (C=O) groups excluding carboxylic acids is 1. The second-order valence-corrected chi connectivity index (χ2v) is 45.8. The molecule has 1 amide bonds. The van der Waals surface area contributed by atoms with Crippen molar-refractivity contribution in [2.45, 2.75) is 21.1 Å². The molecule has 7 aromatic heterocycles. The number of nitrogens with zero attached hydrogens (tertiary/aromatic N) is 15. The van der Waals surface area contributed by atoms with Crippen molar-refractivity contribution in [2.75, 3.05) is 110 Å². The first-order valence-electron chi connectivity index (χ1n) is 42.2. The van der Waals surface area contributed by atoms with E-state index in [0.29, 0.717) is 175 Å². The van der Waals surface area contributed by atoms with Gasteiger partial charge in [-0.2, -0.15) is 51.3 Å². The Bertz CT molecular complexity index is 7780. The van der Waals surface area contributed by atoms with Crippen LogP contribution in [0.15, 0.2) is 307 Å². The maximum absolute atomic E-state index is 13.0. The fraction of sp³-hybridized carbons (Fsp3) is 0.129. The van der Waals surface area contributed by atoms with Crippen molar-refractivity contribution >= 4 is 212 Å². The highest BCUT2D eigenvalue weighted by molar-refractivity contribution is 7.94. The molecule has 9 aromatic carbocycles. The van der Waals surface area contributed by atoms with E-state index in [1.807, 2.05) is 60.7 Å². The van der Waals surface area contributed by atoms with Gasteiger partial charge in [-0.05, 0) is 243 Å². The van der Waals surface area contributed by atoms with Crippen LogP contribution in [0.4, 0.5) is 45.5 Å². The monoisotopic (exact) mass is 2080 g/mol. The Kier molecular flexibility index (Phi) is 28.0. The lowest BCUT2D eigenvalue weighted by Crippen LogP contribution is -2.47. The number of amides is 1. The Morgan fingerprint density at radius 3 is 1.30 bits per heavy atom. The summed E-state index contributed by atoms with van der Waals surface area (Å²) < 4.78 is 196. The summed E-state index contributed by atoms with van der Waals surface area (Å²) in [5.41, 5.74) is 11.4. The van der Waals surface area contributed by atoms with E-state index >= 15 is 0 Å². The first kappa shape index (κ1) is 97.4. The van der Waals surface area contributed by atoms with Gasteiger partial charge in [-0.1, -0.05) is 64.6 Å². The Balaban J connectivity index is 0.000000128. The third-order valence-corrected chi connectivity index (χ3v) is 35.4. The second kappa shape index (κ2) is 39.9. The average molecular weight is 2080 g/mol. The maximum atomic E-state index is 13.0. The number of aromatic nitrogens is 8. The van der Waals surface area contributed by atoms with Gasteiger partial charge in [0.2, 0.25) is 0 Å². The first-order chi connectivity index (χ1) is 66.4. The molecule has 5 N–H and O–H groups in total. The first-order valence-corrected chi connectivity index (χ1v) is 53.8. The summed E-state index contributed by atoms with van der Waals surface area (Å²) in [7, 11) is -21.6. The zero-order valence-electron chi connectivity index (χ0n) is 73.3. The number of benzene rings is 9. The van der Waals surface area contributed by atoms with Crippen LogP contribution in [0.1, 0.15) is 16.8 Å². The van der Waals surface area contributed by atoms with E-state index in [1.165, 1.54) is 124 Å². The van der Waals surface area contributed by atoms with E-state index in [9.17, 15) is 63.7 Å². The van der Waals surface area contributed by atoms with Crippen LogP contribution in [0.25, 0.3) is 88.9 Å². The lowest BCUT2D eigenvalue weighted by atomic mass is 10.1. The Morgan fingerprint density at radius 1 is 0.360 bits per heavy atom. The van der Waals surface area contributed by atoms with E-state index in [4.69, 9.17) is 46.4 Å². The van der Waals surface area contributed by atoms with Crippen molar-refractivity contribution in [3.8, 4) is 45.2 Å². The average Bonchev–Trinajstić information content (AvgIpc) is 1.63. The number of sulfonamides is 3. The van der Waals surface area contributed by atoms with Gasteiger partial charge in [0.05, 0.1) is 102 Å². The molecule has 0 bridgehead atoms. The largest absolute Gasteiger partial charge is 0.322 e. The smallest absolute Gasteiger partial charge is 0.303 e. The lowest BCUT2D eigenvalue weighted by Gasteiger charge is -2.28. The molecule has 46 heteroatoms. The molecule has 20 rings (SSSR count). The van der Waals surface area contributed by atoms with E-state index < -0.39 is 70.9 Å². The van der Waals surface area contributed by atoms with Gasteiger partial charge in [-0.15, -0.1) is 0 Å². The normalized spacial score (nSPS) is 15.8. The van der Waals surface area contributed by atoms with Gasteiger partial charge in [0.1, 0.15) is 0 Å². The van der Waals surface area contributed by atoms with Crippen molar-refractivity contribution in [3.63, 3.8) is 0 Å². The fourth-order valence-electron chi connectivity index (χ4n) is 15.2. The summed E-state index contributed by atoms with van der Waals surface area (Å²) in [6.07, 6.45) is 10.8. The Hall–Kier alpha value is -13.3. The third-order valence-electron chi connectivity index (χ3n) is 22.6. The summed E-state index contributed by atoms with van der Waals surface area (Å²) in [6.45, 7) is 2.82. The molecule has 4 saturated heterocycles. The van der Waals surface area contributed by atoms with Gasteiger partial charge in [0.15, 0.2) is 5.82 Å². The minimum absolute atomic E-state index is 0.000898. The minimum Gasteiger partial charge on any atom is -0.322 e. The zero-order chi connectivity index (χ0) is 98.1. The summed E-state index contributed by atoms with van der Waals surface area (Å²) in [4.78, 5) is 48.1. The van der Waals surface area contributed by atoms with Crippen LogP contribution in [0, 0.1) is 0 Å². The molecule has 0 unspecified atom stereocenters. The highest BCUT2D eigenvalue weighted by Crippen LogP contribution is 2.40. The predicted octanol–water partition coefficient (Wildman–Crippen LogP) is 15.5. The zero-order valence-corrected chi connectivity index (χ0v) is 82.0. The summed E-state index contributed by atoms with van der Waals surface area (Å²) in [6, 6.07) is 68.8. The van der Waals surface area contributed by atoms with Gasteiger partial charge in [0.25, 0.3) is 36.0 Å². The van der Waals surface area contributed by atoms with Gasteiger partial charge < -0.3 is 5.32 Å². The molecular formula is C93H80Cl4N20O15S7. The molecule has 4 aliphatic heterocycles. The Morgan fingerprint density at radius 2 is 0.784 bits per heavy atom. The highest BCUT2D eigenvalue weighted by Gasteiger charge is 2.38. The topological polar surface area (TPSA) is 442 Å². The third kappa shape index (κ3) is 21.2. The van der Waals surface area contributed by atoms with E-state index in [0.717, 1.165) is 38.2 Å². The maximum Gasteiger partial charge on any atom is 0.303 e. The molecule has 0 radical (unpaired) electrons. The molecule has 712 valence electrons. The molecule has 11 heterocycles. The van der Waals surface area contributed by atoms with Crippen LogP contribution >= 0.6 is 46.4 Å². The molecule has 16 aromatic rings. The second-order valence-electron chi connectivity index (χ2n) is 31.6. The van der Waals surface area contributed by atoms with Crippen molar-refractivity contribution < 1.29 is 63.7 Å². The summed E-state index contributed by atoms with van der Waals surface area (Å²) in [5.74, 6) is 0.0443. The molecule has 35 nitrogen and oxygen atoms in total. The van der Waals surface area contributed by atoms with Gasteiger partial charge in [0, 0.05) is 177 Å². The van der Waals surface area contributed by atoms with Crippen molar-refractivity contribution in [3.05, 3.63) is 318 Å². The van der Waals surface area contributed by atoms with Crippen LogP contribution in [0.2, 0.25) is 20.1 Å². The Labute approximate surface area is 821 Å². The van der Waals surface area contributed by atoms with E-state index in [2.05, 4.69) is 64.1 Å². The van der Waals surface area contributed by atoms with Crippen LogP contribution in [0.5, 0.6) is 0 Å². The summed E-state index contributed by atoms with van der Waals surface area (Å²) >= 11 is 25.6. The fourth-order valence-corrected chi connectivity index (χ4v) is 24.6. The molecule has 0 saturated carbocycles. The number of pyridine rings is 6.